The molecule has 0 bridgehead atoms. The number of aromatic nitrogens is 6. The first-order chi connectivity index (χ1) is 35.9. The minimum atomic E-state index is -0.929. The lowest BCUT2D eigenvalue weighted by molar-refractivity contribution is 0.0696. The van der Waals surface area contributed by atoms with Crippen LogP contribution in [0.2, 0.25) is 10.0 Å². The van der Waals surface area contributed by atoms with Crippen molar-refractivity contribution in [2.45, 2.75) is 65.1 Å². The summed E-state index contributed by atoms with van der Waals surface area (Å²) in [7, 11) is 0. The van der Waals surface area contributed by atoms with Gasteiger partial charge in [-0.1, -0.05) is 48.3 Å². The van der Waals surface area contributed by atoms with Crippen molar-refractivity contribution in [3.63, 3.8) is 0 Å². The zero-order chi connectivity index (χ0) is 51.3. The van der Waals surface area contributed by atoms with E-state index in [2.05, 4.69) is 99.8 Å². The van der Waals surface area contributed by atoms with Crippen LogP contribution in [0.15, 0.2) is 122 Å². The Balaban J connectivity index is 0.000000159. The zero-order valence-electron chi connectivity index (χ0n) is 41.5. The molecule has 0 unspecified atom stereocenters. The van der Waals surface area contributed by atoms with Crippen LogP contribution < -0.4 is 4.74 Å². The van der Waals surface area contributed by atoms with Crippen LogP contribution in [0.5, 0.6) is 5.75 Å². The molecule has 0 amide bonds. The van der Waals surface area contributed by atoms with Gasteiger partial charge >= 0.3 is 5.97 Å². The summed E-state index contributed by atoms with van der Waals surface area (Å²) < 4.78 is 36.4. The highest BCUT2D eigenvalue weighted by Crippen LogP contribution is 2.50. The van der Waals surface area contributed by atoms with E-state index in [1.807, 2.05) is 35.0 Å². The molecule has 2 aromatic carbocycles. The fourth-order valence-corrected chi connectivity index (χ4v) is 11.6. The number of benzene rings is 2. The number of likely N-dealkylation sites (tertiary alicyclic amines) is 2. The third-order valence-corrected chi connectivity index (χ3v) is 15.3. The average molecular weight is 1030 g/mol. The fourth-order valence-electron chi connectivity index (χ4n) is 11.1. The van der Waals surface area contributed by atoms with Gasteiger partial charge < -0.3 is 18.6 Å². The van der Waals surface area contributed by atoms with Crippen molar-refractivity contribution < 1.29 is 23.4 Å². The molecule has 6 aromatic heterocycles. The quantitative estimate of drug-likeness (QED) is 0.128. The molecule has 11 nitrogen and oxygen atoms in total. The van der Waals surface area contributed by atoms with Crippen molar-refractivity contribution in [1.29, 1.82) is 0 Å². The maximum absolute atomic E-state index is 12.8. The molecule has 3 aliphatic heterocycles. The molecule has 0 atom stereocenters. The molecule has 4 aliphatic rings. The van der Waals surface area contributed by atoms with Gasteiger partial charge in [0.05, 0.1) is 40.3 Å². The summed E-state index contributed by atoms with van der Waals surface area (Å²) in [5.41, 5.74) is 15.8. The van der Waals surface area contributed by atoms with E-state index >= 15 is 0 Å². The van der Waals surface area contributed by atoms with E-state index < -0.39 is 11.6 Å². The van der Waals surface area contributed by atoms with Gasteiger partial charge in [-0.15, -0.1) is 0 Å². The maximum Gasteiger partial charge on any atom is 0.335 e. The number of carboxylic acid groups (broad SMARTS) is 1. The highest BCUT2D eigenvalue weighted by molar-refractivity contribution is 6.33. The van der Waals surface area contributed by atoms with Gasteiger partial charge in [-0.25, -0.2) is 14.8 Å². The van der Waals surface area contributed by atoms with E-state index in [4.69, 9.17) is 37.9 Å². The molecule has 12 rings (SSSR count). The highest BCUT2D eigenvalue weighted by Gasteiger charge is 2.38. The van der Waals surface area contributed by atoms with E-state index in [1.165, 1.54) is 5.56 Å². The summed E-state index contributed by atoms with van der Waals surface area (Å²) in [6.07, 6.45) is 18.4. The van der Waals surface area contributed by atoms with E-state index in [9.17, 15) is 18.7 Å². The molecule has 0 saturated carbocycles. The molecule has 15 heteroatoms. The summed E-state index contributed by atoms with van der Waals surface area (Å²) in [4.78, 5) is 34.3. The van der Waals surface area contributed by atoms with Gasteiger partial charge in [0.25, 0.3) is 0 Å². The zero-order valence-corrected chi connectivity index (χ0v) is 43.1. The highest BCUT2D eigenvalue weighted by atomic mass is 35.5. The van der Waals surface area contributed by atoms with E-state index in [1.54, 1.807) is 36.9 Å². The van der Waals surface area contributed by atoms with Crippen LogP contribution in [-0.2, 0) is 25.9 Å². The second kappa shape index (κ2) is 20.5. The van der Waals surface area contributed by atoms with Crippen molar-refractivity contribution in [2.24, 2.45) is 11.8 Å². The molecule has 0 spiro atoms. The third-order valence-electron chi connectivity index (χ3n) is 14.7. The van der Waals surface area contributed by atoms with Crippen molar-refractivity contribution in [3.05, 3.63) is 194 Å². The first-order valence-corrected chi connectivity index (χ1v) is 26.0. The Kier molecular flexibility index (Phi) is 13.7. The van der Waals surface area contributed by atoms with E-state index in [-0.39, 0.29) is 30.7 Å². The number of hydrogen-bond donors (Lipinski definition) is 1. The number of aromatic carboxylic acids is 1. The van der Waals surface area contributed by atoms with Gasteiger partial charge in [0, 0.05) is 123 Å². The molecule has 8 aromatic rings. The predicted octanol–water partition coefficient (Wildman–Crippen LogP) is 12.3. The van der Waals surface area contributed by atoms with Crippen molar-refractivity contribution >= 4 is 62.8 Å². The smallest absolute Gasteiger partial charge is 0.335 e. The van der Waals surface area contributed by atoms with Crippen molar-refractivity contribution in [3.8, 4) is 5.75 Å². The number of carbonyl (C=O) groups is 1. The van der Waals surface area contributed by atoms with Crippen molar-refractivity contribution in [1.82, 2.24) is 38.5 Å². The predicted molar refractivity (Wildman–Crippen MR) is 287 cm³/mol. The van der Waals surface area contributed by atoms with Crippen LogP contribution in [0.4, 0.5) is 8.78 Å². The molecule has 74 heavy (non-hydrogen) atoms. The molecule has 1 aliphatic carbocycles. The van der Waals surface area contributed by atoms with E-state index in [0.717, 1.165) is 148 Å². The standard InChI is InChI=1S/C30H30ClFN4O.C29H26ClFN4O2/c1-4-19-5-6-24-26(11-19)37-30(2,3)29(23-7-9-33-14-25(23)31)28(24)21-8-10-36-18-22(34-27(36)12-21)17-35-15-20(13-32)16-35;30-26-13-32-8-6-24(26)25-3-1-2-19-10-21(29(36)37)4-5-23(19)28(25)20-7-9-35-17-22(33-27(35)11-20)16-34-14-18(12-31)15-34/h5-12,14,18,20H,4,13,15-17H2,1-3H3;4-11,13,17-18H,1-3,12,14-16H2,(H,36,37). The molecular weight excluding hydrogens is 978 g/mol. The number of carboxylic acids is 1. The second-order valence-corrected chi connectivity index (χ2v) is 21.2. The first-order valence-electron chi connectivity index (χ1n) is 25.3. The molecular formula is C59H56Cl2F2N8O3. The molecule has 9 heterocycles. The average Bonchev–Trinajstić information content (AvgIpc) is 3.93. The molecule has 2 fully saturated rings. The Morgan fingerprint density at radius 3 is 1.86 bits per heavy atom. The summed E-state index contributed by atoms with van der Waals surface area (Å²) in [6, 6.07) is 24.2. The van der Waals surface area contributed by atoms with Gasteiger partial charge in [0.2, 0.25) is 0 Å². The minimum Gasteiger partial charge on any atom is -0.482 e. The largest absolute Gasteiger partial charge is 0.482 e. The minimum absolute atomic E-state index is 0.144. The lowest BCUT2D eigenvalue weighted by Gasteiger charge is -2.38. The number of fused-ring (bicyclic) bond motifs is 4. The number of pyridine rings is 4. The van der Waals surface area contributed by atoms with Crippen LogP contribution in [-0.4, -0.2) is 94.7 Å². The Bertz CT molecular complexity index is 3520. The summed E-state index contributed by atoms with van der Waals surface area (Å²) >= 11 is 13.3. The first kappa shape index (κ1) is 49.4. The van der Waals surface area contributed by atoms with Gasteiger partial charge in [-0.05, 0) is 139 Å². The second-order valence-electron chi connectivity index (χ2n) is 20.4. The maximum atomic E-state index is 12.8. The normalized spacial score (nSPS) is 17.0. The summed E-state index contributed by atoms with van der Waals surface area (Å²) in [5, 5.41) is 10.7. The van der Waals surface area contributed by atoms with Crippen LogP contribution in [0.1, 0.15) is 99.9 Å². The number of alkyl halides is 2. The monoisotopic (exact) mass is 1030 g/mol. The number of nitrogens with zero attached hydrogens (tertiary/aromatic N) is 8. The topological polar surface area (TPSA) is 113 Å². The Labute approximate surface area is 438 Å². The number of hydrogen-bond acceptors (Lipinski definition) is 8. The number of rotatable bonds is 12. The molecule has 1 N–H and O–H groups in total. The number of allylic oxidation sites excluding steroid dienone is 1. The summed E-state index contributed by atoms with van der Waals surface area (Å²) in [5.74, 6) is 0.254. The number of aryl methyl sites for hydroxylation is 2. The Morgan fingerprint density at radius 1 is 0.716 bits per heavy atom. The fraction of sp³-hybridized carbons (Fsp3) is 0.305. The molecule has 2 saturated heterocycles. The van der Waals surface area contributed by atoms with E-state index in [0.29, 0.717) is 16.6 Å². The number of halogens is 4. The number of ether oxygens (including phenoxy) is 1. The van der Waals surface area contributed by atoms with Gasteiger partial charge in [-0.2, -0.15) is 0 Å². The lowest BCUT2D eigenvalue weighted by atomic mass is 9.79. The van der Waals surface area contributed by atoms with Crippen LogP contribution >= 0.6 is 23.2 Å². The summed E-state index contributed by atoms with van der Waals surface area (Å²) in [6.45, 7) is 10.4. The third kappa shape index (κ3) is 9.74. The Morgan fingerprint density at radius 2 is 1.30 bits per heavy atom. The lowest BCUT2D eigenvalue weighted by Crippen LogP contribution is -2.46. The molecule has 378 valence electrons. The van der Waals surface area contributed by atoms with Crippen LogP contribution in [0.3, 0.4) is 0 Å². The van der Waals surface area contributed by atoms with Gasteiger partial charge in [-0.3, -0.25) is 28.5 Å². The SMILES string of the molecule is CCc1ccc2c(c1)OC(C)(C)C(c1ccncc1Cl)=C2c1ccn2cc(CN3CC(CF)C3)nc2c1.O=C(O)c1ccc2c(c1)CCCC(c1ccncc1Cl)=C2c1ccn2cc(CN3CC(CF)C3)nc2c1. The van der Waals surface area contributed by atoms with Crippen LogP contribution in [0.25, 0.3) is 33.6 Å². The van der Waals surface area contributed by atoms with Crippen LogP contribution in [0, 0.1) is 11.8 Å². The van der Waals surface area contributed by atoms with Gasteiger partial charge in [0.1, 0.15) is 22.6 Å². The van der Waals surface area contributed by atoms with Gasteiger partial charge in [0.15, 0.2) is 0 Å². The Hall–Kier alpha value is -6.77. The number of imidazole rings is 2. The van der Waals surface area contributed by atoms with Crippen molar-refractivity contribution in [2.75, 3.05) is 39.5 Å². The molecule has 0 radical (unpaired) electrons.